The first-order valence-electron chi connectivity index (χ1n) is 9.06. The van der Waals surface area contributed by atoms with Crippen LogP contribution in [0.25, 0.3) is 5.69 Å². The van der Waals surface area contributed by atoms with Gasteiger partial charge in [0.15, 0.2) is 0 Å². The highest BCUT2D eigenvalue weighted by molar-refractivity contribution is 5.97. The molecule has 0 saturated heterocycles. The van der Waals surface area contributed by atoms with Crippen LogP contribution in [0.4, 0.5) is 0 Å². The van der Waals surface area contributed by atoms with Crippen LogP contribution in [0, 0.1) is 19.8 Å². The van der Waals surface area contributed by atoms with Crippen LogP contribution < -0.4 is 0 Å². The lowest BCUT2D eigenvalue weighted by atomic mass is 10.2. The van der Waals surface area contributed by atoms with Gasteiger partial charge < -0.3 is 9.64 Å². The fraction of sp³-hybridized carbons (Fsp3) is 0.450. The van der Waals surface area contributed by atoms with Crippen molar-refractivity contribution in [1.29, 1.82) is 0 Å². The third-order valence-corrected chi connectivity index (χ3v) is 4.67. The van der Waals surface area contributed by atoms with Crippen LogP contribution >= 0.6 is 0 Å². The van der Waals surface area contributed by atoms with E-state index in [1.54, 1.807) is 22.7 Å². The van der Waals surface area contributed by atoms with Crippen LogP contribution in [0.3, 0.4) is 0 Å². The van der Waals surface area contributed by atoms with Crippen molar-refractivity contribution >= 4 is 11.9 Å². The Labute approximate surface area is 153 Å². The zero-order valence-electron chi connectivity index (χ0n) is 15.6. The van der Waals surface area contributed by atoms with Crippen LogP contribution in [-0.4, -0.2) is 46.3 Å². The molecule has 1 aliphatic rings. The maximum Gasteiger partial charge on any atom is 0.325 e. The van der Waals surface area contributed by atoms with Crippen molar-refractivity contribution < 1.29 is 14.3 Å². The highest BCUT2D eigenvalue weighted by atomic mass is 16.5. The van der Waals surface area contributed by atoms with Crippen molar-refractivity contribution in [3.63, 3.8) is 0 Å². The molecule has 2 aromatic rings. The van der Waals surface area contributed by atoms with Gasteiger partial charge >= 0.3 is 5.97 Å². The molecular formula is C20H25N3O3. The highest BCUT2D eigenvalue weighted by Crippen LogP contribution is 2.30. The van der Waals surface area contributed by atoms with Crippen LogP contribution in [-0.2, 0) is 9.53 Å². The Balaban J connectivity index is 1.85. The molecule has 0 N–H and O–H groups in total. The summed E-state index contributed by atoms with van der Waals surface area (Å²) in [5.41, 5.74) is 3.33. The normalized spacial score (nSPS) is 13.5. The molecule has 138 valence electrons. The minimum Gasteiger partial charge on any atom is -0.465 e. The van der Waals surface area contributed by atoms with E-state index in [1.165, 1.54) is 0 Å². The number of para-hydroxylation sites is 1. The van der Waals surface area contributed by atoms with E-state index < -0.39 is 0 Å². The van der Waals surface area contributed by atoms with Gasteiger partial charge in [0, 0.05) is 6.54 Å². The predicted octanol–water partition coefficient (Wildman–Crippen LogP) is 2.90. The number of carbonyl (C=O) groups is 2. The van der Waals surface area contributed by atoms with E-state index >= 15 is 0 Å². The number of aryl methyl sites for hydroxylation is 1. The Bertz CT molecular complexity index is 808. The Kier molecular flexibility index (Phi) is 5.40. The van der Waals surface area contributed by atoms with Crippen LogP contribution in [0.5, 0.6) is 0 Å². The van der Waals surface area contributed by atoms with E-state index in [9.17, 15) is 9.59 Å². The molecule has 0 bridgehead atoms. The molecule has 0 atom stereocenters. The van der Waals surface area contributed by atoms with Crippen molar-refractivity contribution in [2.24, 2.45) is 5.92 Å². The lowest BCUT2D eigenvalue weighted by molar-refractivity contribution is -0.143. The standard InChI is InChI=1S/C20H25N3O3/c1-4-26-19(24)13-22(12-16-9-10-16)20(25)17-11-21-23(15(17)3)18-8-6-5-7-14(18)2/h5-8,11,16H,4,9-10,12-13H2,1-3H3. The molecule has 26 heavy (non-hydrogen) atoms. The summed E-state index contributed by atoms with van der Waals surface area (Å²) in [6.45, 7) is 6.55. The summed E-state index contributed by atoms with van der Waals surface area (Å²) in [4.78, 5) is 26.6. The van der Waals surface area contributed by atoms with Gasteiger partial charge in [0.25, 0.3) is 5.91 Å². The molecule has 1 heterocycles. The van der Waals surface area contributed by atoms with Crippen molar-refractivity contribution in [2.45, 2.75) is 33.6 Å². The second-order valence-electron chi connectivity index (χ2n) is 6.78. The van der Waals surface area contributed by atoms with E-state index in [0.717, 1.165) is 29.8 Å². The fourth-order valence-corrected chi connectivity index (χ4v) is 3.03. The molecule has 6 heteroatoms. The SMILES string of the molecule is CCOC(=O)CN(CC1CC1)C(=O)c1cnn(-c2ccccc2C)c1C. The molecule has 1 amide bonds. The molecule has 1 aromatic heterocycles. The number of benzene rings is 1. The summed E-state index contributed by atoms with van der Waals surface area (Å²) < 4.78 is 6.81. The summed E-state index contributed by atoms with van der Waals surface area (Å²) in [6, 6.07) is 7.91. The molecule has 1 saturated carbocycles. The lowest BCUT2D eigenvalue weighted by Crippen LogP contribution is -2.38. The number of esters is 1. The van der Waals surface area contributed by atoms with Gasteiger partial charge in [0.1, 0.15) is 6.54 Å². The second kappa shape index (κ2) is 7.72. The predicted molar refractivity (Wildman–Crippen MR) is 98.3 cm³/mol. The zero-order valence-corrected chi connectivity index (χ0v) is 15.6. The Hall–Kier alpha value is -2.63. The molecule has 1 aromatic carbocycles. The van der Waals surface area contributed by atoms with Crippen LogP contribution in [0.2, 0.25) is 0 Å². The summed E-state index contributed by atoms with van der Waals surface area (Å²) >= 11 is 0. The number of hydrogen-bond donors (Lipinski definition) is 0. The Morgan fingerprint density at radius 2 is 2.00 bits per heavy atom. The average Bonchev–Trinajstić information content (AvgIpc) is 3.35. The Morgan fingerprint density at radius 3 is 2.65 bits per heavy atom. The molecule has 1 fully saturated rings. The molecule has 0 spiro atoms. The van der Waals surface area contributed by atoms with Gasteiger partial charge in [-0.3, -0.25) is 9.59 Å². The molecule has 6 nitrogen and oxygen atoms in total. The smallest absolute Gasteiger partial charge is 0.325 e. The first kappa shape index (κ1) is 18.2. The van der Waals surface area contributed by atoms with E-state index in [2.05, 4.69) is 5.10 Å². The minimum absolute atomic E-state index is 0.0157. The molecule has 0 radical (unpaired) electrons. The third-order valence-electron chi connectivity index (χ3n) is 4.67. The second-order valence-corrected chi connectivity index (χ2v) is 6.78. The van der Waals surface area contributed by atoms with Gasteiger partial charge in [-0.15, -0.1) is 0 Å². The average molecular weight is 355 g/mol. The molecular weight excluding hydrogens is 330 g/mol. The van der Waals surface area contributed by atoms with Crippen molar-refractivity contribution in [2.75, 3.05) is 19.7 Å². The topological polar surface area (TPSA) is 64.4 Å². The van der Waals surface area contributed by atoms with Gasteiger partial charge in [-0.1, -0.05) is 18.2 Å². The van der Waals surface area contributed by atoms with Crippen molar-refractivity contribution in [3.8, 4) is 5.69 Å². The monoisotopic (exact) mass is 355 g/mol. The lowest BCUT2D eigenvalue weighted by Gasteiger charge is -2.21. The quantitative estimate of drug-likeness (QED) is 0.717. The first-order valence-corrected chi connectivity index (χ1v) is 9.06. The van der Waals surface area contributed by atoms with E-state index in [-0.39, 0.29) is 18.4 Å². The number of nitrogens with zero attached hydrogens (tertiary/aromatic N) is 3. The largest absolute Gasteiger partial charge is 0.465 e. The molecule has 0 aliphatic heterocycles. The van der Waals surface area contributed by atoms with Crippen LogP contribution in [0.1, 0.15) is 41.4 Å². The van der Waals surface area contributed by atoms with Gasteiger partial charge in [-0.05, 0) is 51.2 Å². The maximum atomic E-state index is 13.1. The summed E-state index contributed by atoms with van der Waals surface area (Å²) in [7, 11) is 0. The number of hydrogen-bond acceptors (Lipinski definition) is 4. The molecule has 0 unspecified atom stereocenters. The summed E-state index contributed by atoms with van der Waals surface area (Å²) in [5, 5.41) is 4.41. The van der Waals surface area contributed by atoms with Gasteiger partial charge in [0.05, 0.1) is 29.7 Å². The van der Waals surface area contributed by atoms with Crippen molar-refractivity contribution in [1.82, 2.24) is 14.7 Å². The van der Waals surface area contributed by atoms with Crippen molar-refractivity contribution in [3.05, 3.63) is 47.3 Å². The van der Waals surface area contributed by atoms with Gasteiger partial charge in [0.2, 0.25) is 0 Å². The number of aromatic nitrogens is 2. The van der Waals surface area contributed by atoms with Gasteiger partial charge in [-0.2, -0.15) is 5.10 Å². The minimum atomic E-state index is -0.370. The highest BCUT2D eigenvalue weighted by Gasteiger charge is 2.30. The third kappa shape index (κ3) is 3.95. The van der Waals surface area contributed by atoms with E-state index in [1.807, 2.05) is 38.1 Å². The summed E-state index contributed by atoms with van der Waals surface area (Å²) in [5.74, 6) is -0.0483. The number of rotatable bonds is 7. The number of amides is 1. The molecule has 1 aliphatic carbocycles. The summed E-state index contributed by atoms with van der Waals surface area (Å²) in [6.07, 6.45) is 3.80. The Morgan fingerprint density at radius 1 is 1.27 bits per heavy atom. The maximum absolute atomic E-state index is 13.1. The molecule has 3 rings (SSSR count). The number of ether oxygens (including phenoxy) is 1. The van der Waals surface area contributed by atoms with E-state index in [0.29, 0.717) is 24.6 Å². The van der Waals surface area contributed by atoms with E-state index in [4.69, 9.17) is 4.74 Å². The van der Waals surface area contributed by atoms with Crippen LogP contribution in [0.15, 0.2) is 30.5 Å². The number of carbonyl (C=O) groups excluding carboxylic acids is 2. The van der Waals surface area contributed by atoms with Gasteiger partial charge in [-0.25, -0.2) is 4.68 Å². The zero-order chi connectivity index (χ0) is 18.7. The fourth-order valence-electron chi connectivity index (χ4n) is 3.03. The first-order chi connectivity index (χ1) is 12.5.